The van der Waals surface area contributed by atoms with Crippen molar-refractivity contribution in [2.24, 2.45) is 0 Å². The van der Waals surface area contributed by atoms with Gasteiger partial charge in [0.2, 0.25) is 15.9 Å². The van der Waals surface area contributed by atoms with Crippen LogP contribution in [0, 0.1) is 0 Å². The summed E-state index contributed by atoms with van der Waals surface area (Å²) in [6, 6.07) is 14.1. The molecule has 3 aromatic rings. The van der Waals surface area contributed by atoms with Gasteiger partial charge in [-0.3, -0.25) is 10.1 Å². The van der Waals surface area contributed by atoms with Crippen molar-refractivity contribution in [1.29, 1.82) is 0 Å². The minimum absolute atomic E-state index is 0.284. The highest BCUT2D eigenvalue weighted by molar-refractivity contribution is 7.89. The normalized spacial score (nSPS) is 14.7. The van der Waals surface area contributed by atoms with Gasteiger partial charge in [-0.1, -0.05) is 24.3 Å². The second kappa shape index (κ2) is 9.64. The molecule has 2 aromatic carbocycles. The average molecular weight is 470 g/mol. The third-order valence-corrected chi connectivity index (χ3v) is 7.80. The van der Waals surface area contributed by atoms with Gasteiger partial charge in [0.05, 0.1) is 17.7 Å². The maximum Gasteiger partial charge on any atom is 0.250 e. The van der Waals surface area contributed by atoms with Crippen LogP contribution >= 0.6 is 11.3 Å². The minimum atomic E-state index is -3.44. The van der Waals surface area contributed by atoms with Gasteiger partial charge in [0, 0.05) is 30.1 Å². The third kappa shape index (κ3) is 5.07. The SMILES string of the molecule is COc1ccc(C=CC(=O)Nc2nc(-c3ccc(S(=O)(=O)N4CCCC4)cc3)cs2)cc1. The number of hydrogen-bond donors (Lipinski definition) is 1. The van der Waals surface area contributed by atoms with Crippen molar-refractivity contribution in [2.75, 3.05) is 25.5 Å². The number of amides is 1. The molecule has 1 aliphatic heterocycles. The molecule has 1 saturated heterocycles. The Morgan fingerprint density at radius 1 is 1.09 bits per heavy atom. The second-order valence-electron chi connectivity index (χ2n) is 7.27. The Kier molecular flexibility index (Phi) is 6.69. The third-order valence-electron chi connectivity index (χ3n) is 5.13. The van der Waals surface area contributed by atoms with Crippen molar-refractivity contribution in [3.63, 3.8) is 0 Å². The first-order valence-electron chi connectivity index (χ1n) is 10.1. The number of thiazole rings is 1. The van der Waals surface area contributed by atoms with E-state index in [9.17, 15) is 13.2 Å². The molecule has 4 rings (SSSR count). The van der Waals surface area contributed by atoms with Gasteiger partial charge in [0.1, 0.15) is 5.75 Å². The number of aromatic nitrogens is 1. The molecule has 1 amide bonds. The number of carbonyl (C=O) groups is 1. The van der Waals surface area contributed by atoms with Gasteiger partial charge in [-0.05, 0) is 48.7 Å². The number of benzene rings is 2. The monoisotopic (exact) mass is 469 g/mol. The van der Waals surface area contributed by atoms with Crippen molar-refractivity contribution in [3.8, 4) is 17.0 Å². The number of nitrogens with one attached hydrogen (secondary N) is 1. The second-order valence-corrected chi connectivity index (χ2v) is 10.1. The van der Waals surface area contributed by atoms with E-state index in [1.165, 1.54) is 21.7 Å². The molecule has 9 heteroatoms. The van der Waals surface area contributed by atoms with Crippen LogP contribution in [-0.2, 0) is 14.8 Å². The summed E-state index contributed by atoms with van der Waals surface area (Å²) >= 11 is 1.31. The lowest BCUT2D eigenvalue weighted by molar-refractivity contribution is -0.111. The van der Waals surface area contributed by atoms with Crippen molar-refractivity contribution < 1.29 is 17.9 Å². The highest BCUT2D eigenvalue weighted by Crippen LogP contribution is 2.27. The smallest absolute Gasteiger partial charge is 0.250 e. The topological polar surface area (TPSA) is 88.6 Å². The van der Waals surface area contributed by atoms with Crippen molar-refractivity contribution >= 4 is 38.5 Å². The molecule has 1 N–H and O–H groups in total. The van der Waals surface area contributed by atoms with E-state index in [4.69, 9.17) is 4.74 Å². The van der Waals surface area contributed by atoms with Crippen molar-refractivity contribution in [2.45, 2.75) is 17.7 Å². The van der Waals surface area contributed by atoms with E-state index in [1.807, 2.05) is 29.6 Å². The molecule has 166 valence electrons. The van der Waals surface area contributed by atoms with E-state index in [0.29, 0.717) is 23.9 Å². The Morgan fingerprint density at radius 2 is 1.78 bits per heavy atom. The Labute approximate surface area is 191 Å². The predicted octanol–water partition coefficient (Wildman–Crippen LogP) is 4.26. The summed E-state index contributed by atoms with van der Waals surface area (Å²) in [6.07, 6.45) is 4.96. The first-order chi connectivity index (χ1) is 15.5. The summed E-state index contributed by atoms with van der Waals surface area (Å²) < 4.78 is 32.0. The summed E-state index contributed by atoms with van der Waals surface area (Å²) in [4.78, 5) is 16.9. The number of sulfonamides is 1. The highest BCUT2D eigenvalue weighted by Gasteiger charge is 2.27. The lowest BCUT2D eigenvalue weighted by Crippen LogP contribution is -2.27. The summed E-state index contributed by atoms with van der Waals surface area (Å²) in [5.74, 6) is 0.470. The van der Waals surface area contributed by atoms with E-state index in [1.54, 1.807) is 37.5 Å². The van der Waals surface area contributed by atoms with Gasteiger partial charge in [0.25, 0.3) is 0 Å². The van der Waals surface area contributed by atoms with Gasteiger partial charge in [0.15, 0.2) is 5.13 Å². The van der Waals surface area contributed by atoms with Gasteiger partial charge < -0.3 is 4.74 Å². The molecule has 1 fully saturated rings. The molecule has 0 unspecified atom stereocenters. The molecule has 0 atom stereocenters. The van der Waals surface area contributed by atoms with E-state index in [-0.39, 0.29) is 10.8 Å². The fourth-order valence-corrected chi connectivity index (χ4v) is 5.61. The van der Waals surface area contributed by atoms with Crippen LogP contribution in [0.1, 0.15) is 18.4 Å². The van der Waals surface area contributed by atoms with Crippen LogP contribution in [0.15, 0.2) is 64.9 Å². The van der Waals surface area contributed by atoms with Crippen LogP contribution in [0.2, 0.25) is 0 Å². The summed E-state index contributed by atoms with van der Waals surface area (Å²) in [7, 11) is -1.84. The maximum atomic E-state index is 12.7. The Hall–Kier alpha value is -3.01. The van der Waals surface area contributed by atoms with Crippen LogP contribution in [0.4, 0.5) is 5.13 Å². The molecule has 1 aromatic heterocycles. The average Bonchev–Trinajstić information content (AvgIpc) is 3.51. The summed E-state index contributed by atoms with van der Waals surface area (Å²) in [6.45, 7) is 1.15. The lowest BCUT2D eigenvalue weighted by Gasteiger charge is -2.15. The molecule has 0 aliphatic carbocycles. The molecule has 0 spiro atoms. The molecular weight excluding hydrogens is 446 g/mol. The van der Waals surface area contributed by atoms with E-state index in [0.717, 1.165) is 29.7 Å². The zero-order valence-electron chi connectivity index (χ0n) is 17.5. The molecule has 1 aliphatic rings. The molecular formula is C23H23N3O4S2. The van der Waals surface area contributed by atoms with Crippen LogP contribution < -0.4 is 10.1 Å². The van der Waals surface area contributed by atoms with Gasteiger partial charge >= 0.3 is 0 Å². The largest absolute Gasteiger partial charge is 0.497 e. The molecule has 0 radical (unpaired) electrons. The summed E-state index contributed by atoms with van der Waals surface area (Å²) in [5, 5.41) is 5.05. The maximum absolute atomic E-state index is 12.7. The Balaban J connectivity index is 1.39. The number of anilines is 1. The fourth-order valence-electron chi connectivity index (χ4n) is 3.37. The number of hydrogen-bond acceptors (Lipinski definition) is 6. The number of methoxy groups -OCH3 is 1. The Morgan fingerprint density at radius 3 is 2.44 bits per heavy atom. The molecule has 0 bridgehead atoms. The number of nitrogens with zero attached hydrogens (tertiary/aromatic N) is 2. The van der Waals surface area contributed by atoms with Crippen LogP contribution in [-0.4, -0.2) is 43.8 Å². The van der Waals surface area contributed by atoms with Crippen molar-refractivity contribution in [1.82, 2.24) is 9.29 Å². The zero-order chi connectivity index (χ0) is 22.6. The first-order valence-corrected chi connectivity index (χ1v) is 12.5. The molecule has 32 heavy (non-hydrogen) atoms. The minimum Gasteiger partial charge on any atom is -0.497 e. The van der Waals surface area contributed by atoms with Crippen LogP contribution in [0.5, 0.6) is 5.75 Å². The van der Waals surface area contributed by atoms with Gasteiger partial charge in [-0.15, -0.1) is 11.3 Å². The fraction of sp³-hybridized carbons (Fsp3) is 0.217. The van der Waals surface area contributed by atoms with Crippen molar-refractivity contribution in [3.05, 3.63) is 65.6 Å². The van der Waals surface area contributed by atoms with Crippen LogP contribution in [0.3, 0.4) is 0 Å². The zero-order valence-corrected chi connectivity index (χ0v) is 19.2. The molecule has 2 heterocycles. The summed E-state index contributed by atoms with van der Waals surface area (Å²) in [5.41, 5.74) is 2.34. The van der Waals surface area contributed by atoms with Gasteiger partial charge in [-0.2, -0.15) is 4.31 Å². The van der Waals surface area contributed by atoms with Gasteiger partial charge in [-0.25, -0.2) is 13.4 Å². The molecule has 0 saturated carbocycles. The number of carbonyl (C=O) groups excluding carboxylic acids is 1. The quantitative estimate of drug-likeness (QED) is 0.523. The lowest BCUT2D eigenvalue weighted by atomic mass is 10.2. The van der Waals surface area contributed by atoms with E-state index in [2.05, 4.69) is 10.3 Å². The highest BCUT2D eigenvalue weighted by atomic mass is 32.2. The first kappa shape index (κ1) is 22.2. The predicted molar refractivity (Wildman–Crippen MR) is 126 cm³/mol. The van der Waals surface area contributed by atoms with E-state index < -0.39 is 10.0 Å². The Bertz CT molecular complexity index is 1210. The number of rotatable bonds is 7. The van der Waals surface area contributed by atoms with E-state index >= 15 is 0 Å². The van der Waals surface area contributed by atoms with Crippen LogP contribution in [0.25, 0.3) is 17.3 Å². The standard InChI is InChI=1S/C23H23N3O4S2/c1-30-19-9-4-17(5-10-19)6-13-22(27)25-23-24-21(16-31-23)18-7-11-20(12-8-18)32(28,29)26-14-2-3-15-26/h4-13,16H,2-3,14-15H2,1H3,(H,24,25,27). The molecule has 7 nitrogen and oxygen atoms in total. The number of ether oxygens (including phenoxy) is 1.